The highest BCUT2D eigenvalue weighted by Crippen LogP contribution is 2.22. The Hall–Kier alpha value is -0.830. The smallest absolute Gasteiger partial charge is 0.160 e. The monoisotopic (exact) mass is 240 g/mol. The lowest BCUT2D eigenvalue weighted by atomic mass is 10.0. The van der Waals surface area contributed by atoms with Crippen LogP contribution in [0.2, 0.25) is 0 Å². The molecule has 0 aromatic carbocycles. The van der Waals surface area contributed by atoms with Crippen molar-refractivity contribution in [2.24, 2.45) is 5.92 Å². The van der Waals surface area contributed by atoms with Gasteiger partial charge < -0.3 is 4.74 Å². The largest absolute Gasteiger partial charge is 0.492 e. The van der Waals surface area contributed by atoms with Gasteiger partial charge in [0.05, 0.1) is 11.5 Å². The Kier molecular flexibility index (Phi) is 6.16. The first-order valence-electron chi connectivity index (χ1n) is 5.96. The summed E-state index contributed by atoms with van der Waals surface area (Å²) in [5, 5.41) is 1.90. The molecule has 0 N–H and O–H groups in total. The van der Waals surface area contributed by atoms with Crippen LogP contribution >= 0.6 is 11.3 Å². The predicted molar refractivity (Wildman–Crippen MR) is 68.5 cm³/mol. The van der Waals surface area contributed by atoms with Crippen LogP contribution in [0.1, 0.15) is 49.2 Å². The molecule has 1 aromatic rings. The Bertz CT molecular complexity index is 307. The zero-order valence-corrected chi connectivity index (χ0v) is 10.9. The molecule has 1 unspecified atom stereocenters. The summed E-state index contributed by atoms with van der Waals surface area (Å²) in [6.45, 7) is 5.18. The second-order valence-electron chi connectivity index (χ2n) is 4.03. The third-order valence-corrected chi connectivity index (χ3v) is 3.58. The maximum atomic E-state index is 10.5. The number of thiophene rings is 1. The number of unbranched alkanes of at least 4 members (excludes halogenated alkanes) is 1. The number of rotatable bonds is 8. The topological polar surface area (TPSA) is 26.3 Å². The van der Waals surface area contributed by atoms with Crippen molar-refractivity contribution in [3.63, 3.8) is 0 Å². The Balaban J connectivity index is 2.33. The van der Waals surface area contributed by atoms with Crippen LogP contribution in [0.4, 0.5) is 0 Å². The molecule has 16 heavy (non-hydrogen) atoms. The third-order valence-electron chi connectivity index (χ3n) is 2.74. The standard InChI is InChI=1S/C13H20O2S/c1-3-5-6-11(4-2)9-15-12-7-13(8-14)16-10-12/h7-8,10-11H,3-6,9H2,1-2H3. The van der Waals surface area contributed by atoms with Crippen molar-refractivity contribution < 1.29 is 9.53 Å². The number of ether oxygens (including phenoxy) is 1. The minimum absolute atomic E-state index is 0.638. The average Bonchev–Trinajstić information content (AvgIpc) is 2.77. The van der Waals surface area contributed by atoms with E-state index in [4.69, 9.17) is 4.74 Å². The van der Waals surface area contributed by atoms with Crippen molar-refractivity contribution in [3.05, 3.63) is 16.3 Å². The summed E-state index contributed by atoms with van der Waals surface area (Å²) in [5.74, 6) is 1.47. The van der Waals surface area contributed by atoms with Crippen molar-refractivity contribution in [3.8, 4) is 5.75 Å². The summed E-state index contributed by atoms with van der Waals surface area (Å²) < 4.78 is 5.69. The van der Waals surface area contributed by atoms with Gasteiger partial charge in [-0.3, -0.25) is 4.79 Å². The third kappa shape index (κ3) is 4.35. The van der Waals surface area contributed by atoms with Gasteiger partial charge >= 0.3 is 0 Å². The fourth-order valence-electron chi connectivity index (χ4n) is 1.58. The number of carbonyl (C=O) groups excluding carboxylic acids is 1. The van der Waals surface area contributed by atoms with E-state index >= 15 is 0 Å². The van der Waals surface area contributed by atoms with Gasteiger partial charge in [-0.15, -0.1) is 11.3 Å². The van der Waals surface area contributed by atoms with E-state index in [1.54, 1.807) is 0 Å². The molecule has 2 nitrogen and oxygen atoms in total. The molecule has 0 spiro atoms. The first-order chi connectivity index (χ1) is 7.80. The van der Waals surface area contributed by atoms with E-state index in [1.807, 2.05) is 11.4 Å². The Morgan fingerprint density at radius 2 is 2.31 bits per heavy atom. The maximum Gasteiger partial charge on any atom is 0.160 e. The summed E-state index contributed by atoms with van der Waals surface area (Å²) in [6.07, 6.45) is 5.77. The first kappa shape index (κ1) is 13.2. The lowest BCUT2D eigenvalue weighted by Gasteiger charge is -2.14. The highest BCUT2D eigenvalue weighted by molar-refractivity contribution is 7.11. The molecule has 0 amide bonds. The first-order valence-corrected chi connectivity index (χ1v) is 6.84. The van der Waals surface area contributed by atoms with Gasteiger partial charge in [-0.2, -0.15) is 0 Å². The molecule has 1 atom stereocenters. The van der Waals surface area contributed by atoms with Gasteiger partial charge in [0.1, 0.15) is 5.75 Å². The summed E-state index contributed by atoms with van der Waals surface area (Å²) >= 11 is 1.43. The molecule has 1 heterocycles. The molecule has 1 rings (SSSR count). The van der Waals surface area contributed by atoms with Gasteiger partial charge in [-0.05, 0) is 12.3 Å². The highest BCUT2D eigenvalue weighted by Gasteiger charge is 2.07. The van der Waals surface area contributed by atoms with Gasteiger partial charge in [0, 0.05) is 11.4 Å². The molecule has 0 aliphatic heterocycles. The van der Waals surface area contributed by atoms with Crippen LogP contribution in [-0.2, 0) is 0 Å². The van der Waals surface area contributed by atoms with Crippen LogP contribution in [0, 0.1) is 5.92 Å². The van der Waals surface area contributed by atoms with Crippen LogP contribution in [0.3, 0.4) is 0 Å². The van der Waals surface area contributed by atoms with Crippen LogP contribution in [0.15, 0.2) is 11.4 Å². The second kappa shape index (κ2) is 7.44. The second-order valence-corrected chi connectivity index (χ2v) is 4.97. The van der Waals surface area contributed by atoms with Gasteiger partial charge in [0.25, 0.3) is 0 Å². The van der Waals surface area contributed by atoms with Crippen LogP contribution in [0.5, 0.6) is 5.75 Å². The molecule has 0 saturated carbocycles. The molecule has 1 aromatic heterocycles. The normalized spacial score (nSPS) is 12.4. The molecular weight excluding hydrogens is 220 g/mol. The van der Waals surface area contributed by atoms with E-state index in [9.17, 15) is 4.79 Å². The van der Waals surface area contributed by atoms with E-state index in [2.05, 4.69) is 13.8 Å². The fourth-order valence-corrected chi connectivity index (χ4v) is 2.21. The van der Waals surface area contributed by atoms with Crippen molar-refractivity contribution in [1.29, 1.82) is 0 Å². The molecule has 90 valence electrons. The average molecular weight is 240 g/mol. The van der Waals surface area contributed by atoms with Crippen LogP contribution < -0.4 is 4.74 Å². The minimum Gasteiger partial charge on any atom is -0.492 e. The number of aldehydes is 1. The summed E-state index contributed by atoms with van der Waals surface area (Å²) in [7, 11) is 0. The van der Waals surface area contributed by atoms with Gasteiger partial charge in [0.15, 0.2) is 6.29 Å². The predicted octanol–water partition coefficient (Wildman–Crippen LogP) is 4.16. The van der Waals surface area contributed by atoms with Gasteiger partial charge in [0.2, 0.25) is 0 Å². The quantitative estimate of drug-likeness (QED) is 0.638. The summed E-state index contributed by atoms with van der Waals surface area (Å²) in [4.78, 5) is 11.2. The van der Waals surface area contributed by atoms with Crippen molar-refractivity contribution in [2.45, 2.75) is 39.5 Å². The summed E-state index contributed by atoms with van der Waals surface area (Å²) in [5.41, 5.74) is 0. The van der Waals surface area contributed by atoms with Crippen LogP contribution in [-0.4, -0.2) is 12.9 Å². The fraction of sp³-hybridized carbons (Fsp3) is 0.615. The molecule has 0 radical (unpaired) electrons. The Labute approximate surface area is 102 Å². The van der Waals surface area contributed by atoms with Crippen molar-refractivity contribution in [1.82, 2.24) is 0 Å². The Morgan fingerprint density at radius 1 is 1.50 bits per heavy atom. The lowest BCUT2D eigenvalue weighted by molar-refractivity contribution is 0.112. The molecule has 3 heteroatoms. The molecule has 0 saturated heterocycles. The van der Waals surface area contributed by atoms with E-state index in [-0.39, 0.29) is 0 Å². The number of hydrogen-bond donors (Lipinski definition) is 0. The number of hydrogen-bond acceptors (Lipinski definition) is 3. The molecular formula is C13H20O2S. The molecule has 0 fully saturated rings. The molecule has 0 aliphatic carbocycles. The van der Waals surface area contributed by atoms with E-state index < -0.39 is 0 Å². The van der Waals surface area contributed by atoms with E-state index in [0.29, 0.717) is 5.92 Å². The van der Waals surface area contributed by atoms with Crippen molar-refractivity contribution in [2.75, 3.05) is 6.61 Å². The van der Waals surface area contributed by atoms with Crippen molar-refractivity contribution >= 4 is 17.6 Å². The molecule has 0 aliphatic rings. The highest BCUT2D eigenvalue weighted by atomic mass is 32.1. The van der Waals surface area contributed by atoms with E-state index in [0.717, 1.165) is 29.9 Å². The van der Waals surface area contributed by atoms with Crippen LogP contribution in [0.25, 0.3) is 0 Å². The summed E-state index contributed by atoms with van der Waals surface area (Å²) in [6, 6.07) is 1.81. The number of carbonyl (C=O) groups is 1. The lowest BCUT2D eigenvalue weighted by Crippen LogP contribution is -2.10. The SMILES string of the molecule is CCCCC(CC)COc1csc(C=O)c1. The van der Waals surface area contributed by atoms with Gasteiger partial charge in [-0.1, -0.05) is 33.1 Å². The maximum absolute atomic E-state index is 10.5. The van der Waals surface area contributed by atoms with E-state index in [1.165, 1.54) is 30.6 Å². The molecule has 0 bridgehead atoms. The zero-order valence-electron chi connectivity index (χ0n) is 10.1. The zero-order chi connectivity index (χ0) is 11.8. The minimum atomic E-state index is 0.638. The Morgan fingerprint density at radius 3 is 2.88 bits per heavy atom. The van der Waals surface area contributed by atoms with Gasteiger partial charge in [-0.25, -0.2) is 0 Å².